The largest absolute Gasteiger partial charge is 0.453 e. The van der Waals surface area contributed by atoms with Crippen LogP contribution in [0.15, 0.2) is 58.8 Å². The van der Waals surface area contributed by atoms with Crippen molar-refractivity contribution < 1.29 is 37.8 Å². The Morgan fingerprint density at radius 1 is 0.862 bits per heavy atom. The Hall–Kier alpha value is -5.63. The second-order valence-electron chi connectivity index (χ2n) is 15.9. The van der Waals surface area contributed by atoms with Crippen LogP contribution in [-0.4, -0.2) is 99.0 Å². The number of benzene rings is 2. The van der Waals surface area contributed by atoms with Gasteiger partial charge in [0.05, 0.1) is 39.5 Å². The third-order valence-corrected chi connectivity index (χ3v) is 11.1. The maximum absolute atomic E-state index is 15.8. The van der Waals surface area contributed by atoms with E-state index in [4.69, 9.17) is 14.2 Å². The van der Waals surface area contributed by atoms with E-state index in [0.29, 0.717) is 44.2 Å². The first-order valence-corrected chi connectivity index (χ1v) is 19.7. The number of alkyl carbamates (subject to hydrolysis) is 2. The van der Waals surface area contributed by atoms with Gasteiger partial charge in [-0.2, -0.15) is 0 Å². The Morgan fingerprint density at radius 3 is 2.14 bits per heavy atom. The zero-order valence-electron chi connectivity index (χ0n) is 34.2. The lowest BCUT2D eigenvalue weighted by Crippen LogP contribution is -2.54. The lowest BCUT2D eigenvalue weighted by Gasteiger charge is -2.36. The number of aliphatic imine (C=N–C) groups is 2. The van der Waals surface area contributed by atoms with Gasteiger partial charge in [0.25, 0.3) is 0 Å². The Kier molecular flexibility index (Phi) is 13.3. The van der Waals surface area contributed by atoms with Gasteiger partial charge in [0.15, 0.2) is 0 Å². The van der Waals surface area contributed by atoms with Gasteiger partial charge in [-0.05, 0) is 96.1 Å². The van der Waals surface area contributed by atoms with Crippen LogP contribution in [0.2, 0.25) is 0 Å². The van der Waals surface area contributed by atoms with Gasteiger partial charge in [0.2, 0.25) is 11.8 Å². The van der Waals surface area contributed by atoms with E-state index in [1.54, 1.807) is 18.1 Å². The summed E-state index contributed by atoms with van der Waals surface area (Å²) in [5.74, 6) is -1.10. The smallest absolute Gasteiger partial charge is 0.407 e. The monoisotopic (exact) mass is 796 g/mol. The Morgan fingerprint density at radius 2 is 1.48 bits per heavy atom. The van der Waals surface area contributed by atoms with E-state index in [-0.39, 0.29) is 48.2 Å². The van der Waals surface area contributed by atoms with E-state index in [2.05, 4.69) is 44.1 Å². The molecule has 0 aromatic heterocycles. The molecule has 13 nitrogen and oxygen atoms in total. The number of nitrogens with zero attached hydrogens (tertiary/aromatic N) is 3. The molecule has 0 bridgehead atoms. The molecule has 3 N–H and O–H groups in total. The normalized spacial score (nSPS) is 20.8. The molecule has 2 aromatic carbocycles. The minimum absolute atomic E-state index is 0.0390. The molecule has 0 spiro atoms. The number of methoxy groups -OCH3 is 2. The van der Waals surface area contributed by atoms with Crippen molar-refractivity contribution in [1.82, 2.24) is 20.9 Å². The average molecular weight is 797 g/mol. The molecule has 1 aliphatic carbocycles. The highest BCUT2D eigenvalue weighted by molar-refractivity contribution is 6.03. The van der Waals surface area contributed by atoms with E-state index < -0.39 is 24.3 Å². The fourth-order valence-electron chi connectivity index (χ4n) is 8.10. The quantitative estimate of drug-likeness (QED) is 0.218. The molecule has 2 aromatic rings. The summed E-state index contributed by atoms with van der Waals surface area (Å²) in [6.45, 7) is 8.15. The summed E-state index contributed by atoms with van der Waals surface area (Å²) >= 11 is 0. The molecule has 14 heteroatoms. The molecule has 1 fully saturated rings. The first kappa shape index (κ1) is 42.0. The van der Waals surface area contributed by atoms with Gasteiger partial charge in [-0.3, -0.25) is 19.6 Å². The lowest BCUT2D eigenvalue weighted by molar-refractivity contribution is -0.132. The first-order chi connectivity index (χ1) is 27.7. The second kappa shape index (κ2) is 18.3. The van der Waals surface area contributed by atoms with Crippen LogP contribution < -0.4 is 16.0 Å². The molecular formula is C44H53FN6O7. The lowest BCUT2D eigenvalue weighted by atomic mass is 9.85. The predicted octanol–water partition coefficient (Wildman–Crippen LogP) is 6.18. The summed E-state index contributed by atoms with van der Waals surface area (Å²) in [6, 6.07) is 9.98. The van der Waals surface area contributed by atoms with Crippen molar-refractivity contribution in [2.75, 3.05) is 34.4 Å². The van der Waals surface area contributed by atoms with Crippen molar-refractivity contribution in [3.63, 3.8) is 0 Å². The van der Waals surface area contributed by atoms with Crippen LogP contribution >= 0.6 is 0 Å². The third-order valence-electron chi connectivity index (χ3n) is 11.1. The van der Waals surface area contributed by atoms with Gasteiger partial charge in [-0.1, -0.05) is 44.2 Å². The minimum atomic E-state index is -0.778. The van der Waals surface area contributed by atoms with Crippen molar-refractivity contribution >= 4 is 58.2 Å². The van der Waals surface area contributed by atoms with Crippen LogP contribution in [0.1, 0.15) is 81.2 Å². The van der Waals surface area contributed by atoms with Gasteiger partial charge in [-0.25, -0.2) is 14.0 Å². The van der Waals surface area contributed by atoms with E-state index in [1.807, 2.05) is 52.1 Å². The number of rotatable bonds is 13. The summed E-state index contributed by atoms with van der Waals surface area (Å²) in [4.78, 5) is 61.1. The number of allylic oxidation sites excluding steroid dienone is 3. The average Bonchev–Trinajstić information content (AvgIpc) is 3.97. The maximum atomic E-state index is 15.8. The number of hydrogen-bond acceptors (Lipinski definition) is 9. The maximum Gasteiger partial charge on any atom is 0.407 e. The molecule has 3 aliphatic heterocycles. The van der Waals surface area contributed by atoms with Gasteiger partial charge < -0.3 is 35.1 Å². The summed E-state index contributed by atoms with van der Waals surface area (Å²) in [7, 11) is 4.23. The van der Waals surface area contributed by atoms with Gasteiger partial charge in [-0.15, -0.1) is 0 Å². The van der Waals surface area contributed by atoms with Crippen LogP contribution in [0.3, 0.4) is 0 Å². The molecule has 308 valence electrons. The molecule has 3 heterocycles. The van der Waals surface area contributed by atoms with Crippen LogP contribution in [0.25, 0.3) is 22.8 Å². The van der Waals surface area contributed by atoms with Crippen LogP contribution in [0, 0.1) is 17.7 Å². The highest BCUT2D eigenvalue weighted by Crippen LogP contribution is 2.37. The molecule has 0 radical (unpaired) electrons. The summed E-state index contributed by atoms with van der Waals surface area (Å²) < 4.78 is 31.1. The van der Waals surface area contributed by atoms with E-state index >= 15 is 4.39 Å². The highest BCUT2D eigenvalue weighted by Gasteiger charge is 2.36. The molecule has 4 amide bonds. The molecule has 5 atom stereocenters. The zero-order chi connectivity index (χ0) is 41.7. The number of fused-ring (bicyclic) bond motifs is 1. The Bertz CT molecular complexity index is 2100. The van der Waals surface area contributed by atoms with Crippen molar-refractivity contribution in [3.8, 4) is 0 Å². The number of halogens is 1. The second-order valence-corrected chi connectivity index (χ2v) is 15.9. The first-order valence-electron chi connectivity index (χ1n) is 19.7. The SMILES string of the molecule is COC(=O)NC(C(=O)NCC1=NC=C(c2ccc(C3=Cc4cc(C5=CN=C(CN(C)C(=O)[C@@H](NC(=O)OC)C(C)C)C5)ccc4C3)c(F)c2)C1)C1C[C@@H](C)O[C@@H](C)C1. The van der Waals surface area contributed by atoms with Gasteiger partial charge >= 0.3 is 12.2 Å². The van der Waals surface area contributed by atoms with Crippen LogP contribution in [-0.2, 0) is 30.2 Å². The molecule has 1 saturated heterocycles. The molecule has 4 aliphatic rings. The Labute approximate surface area is 338 Å². The fourth-order valence-corrected chi connectivity index (χ4v) is 8.10. The topological polar surface area (TPSA) is 160 Å². The number of carbonyl (C=O) groups is 4. The molecule has 2 unspecified atom stereocenters. The zero-order valence-corrected chi connectivity index (χ0v) is 34.2. The number of carbonyl (C=O) groups excluding carboxylic acids is 4. The number of likely N-dealkylation sites (N-methyl/N-ethyl adjacent to an activating group) is 1. The van der Waals surface area contributed by atoms with Crippen LogP contribution in [0.5, 0.6) is 0 Å². The van der Waals surface area contributed by atoms with Crippen molar-refractivity contribution in [1.29, 1.82) is 0 Å². The van der Waals surface area contributed by atoms with Crippen molar-refractivity contribution in [2.45, 2.75) is 84.1 Å². The van der Waals surface area contributed by atoms with E-state index in [0.717, 1.165) is 50.4 Å². The molecule has 0 saturated carbocycles. The van der Waals surface area contributed by atoms with E-state index in [1.165, 1.54) is 20.3 Å². The number of amides is 4. The highest BCUT2D eigenvalue weighted by atomic mass is 19.1. The number of nitrogens with one attached hydrogen (secondary N) is 3. The minimum Gasteiger partial charge on any atom is -0.453 e. The standard InChI is InChI=1S/C44H53FN6O7/c1-24(2)39(49-43(54)56-6)42(53)51(5)23-36-18-34(21-47-36)28-9-8-27-15-31(16-30(27)14-28)37-11-10-29(19-38(37)45)33-17-35(46-20-33)22-48-41(52)40(50-44(55)57-7)32-12-25(3)58-26(4)13-32/h8-11,14,16,19-21,24-26,32,39-40H,12-13,15,17-18,22-23H2,1-7H3,(H,48,52)(H,49,54)(H,50,55)/t25-,26+,32?,39-,40?/m0/s1. The number of ether oxygens (including phenoxy) is 3. The Balaban J connectivity index is 1.03. The van der Waals surface area contributed by atoms with Crippen LogP contribution in [0.4, 0.5) is 14.0 Å². The van der Waals surface area contributed by atoms with Crippen molar-refractivity contribution in [3.05, 3.63) is 82.4 Å². The molecular weight excluding hydrogens is 744 g/mol. The fraction of sp³-hybridized carbons (Fsp3) is 0.455. The van der Waals surface area contributed by atoms with Crippen molar-refractivity contribution in [2.24, 2.45) is 21.8 Å². The summed E-state index contributed by atoms with van der Waals surface area (Å²) in [5.41, 5.74) is 8.71. The van der Waals surface area contributed by atoms with Gasteiger partial charge in [0.1, 0.15) is 17.9 Å². The summed E-state index contributed by atoms with van der Waals surface area (Å²) in [5, 5.41) is 8.26. The molecule has 6 rings (SSSR count). The number of hydrogen-bond donors (Lipinski definition) is 3. The van der Waals surface area contributed by atoms with Gasteiger partial charge in [0, 0.05) is 49.3 Å². The predicted molar refractivity (Wildman–Crippen MR) is 221 cm³/mol. The summed E-state index contributed by atoms with van der Waals surface area (Å²) in [6.07, 6.45) is 7.06. The van der Waals surface area contributed by atoms with E-state index in [9.17, 15) is 19.2 Å². The third kappa shape index (κ3) is 9.90. The molecule has 58 heavy (non-hydrogen) atoms.